The van der Waals surface area contributed by atoms with Crippen LogP contribution in [-0.2, 0) is 11.8 Å². The molecule has 2 aromatic heterocycles. The van der Waals surface area contributed by atoms with E-state index >= 15 is 0 Å². The quantitative estimate of drug-likeness (QED) is 0.517. The van der Waals surface area contributed by atoms with Crippen molar-refractivity contribution in [3.63, 3.8) is 0 Å². The van der Waals surface area contributed by atoms with Crippen LogP contribution in [0.15, 0.2) is 69.2 Å². The Balaban J connectivity index is 1.79. The molecule has 1 amide bonds. The number of aromatic nitrogens is 3. The van der Waals surface area contributed by atoms with Crippen molar-refractivity contribution in [2.24, 2.45) is 12.0 Å². The topological polar surface area (TPSA) is 98.6 Å². The number of fused-ring (bicyclic) bond motifs is 1. The molecule has 154 valence electrons. The van der Waals surface area contributed by atoms with Crippen molar-refractivity contribution < 1.29 is 9.90 Å². The van der Waals surface area contributed by atoms with Gasteiger partial charge in [0.25, 0.3) is 11.5 Å². The van der Waals surface area contributed by atoms with E-state index in [0.29, 0.717) is 33.3 Å². The van der Waals surface area contributed by atoms with Crippen LogP contribution in [0.4, 0.5) is 0 Å². The van der Waals surface area contributed by atoms with E-state index in [4.69, 9.17) is 0 Å². The molecule has 0 aliphatic carbocycles. The second-order valence-electron chi connectivity index (χ2n) is 7.08. The molecule has 2 aromatic carbocycles. The van der Waals surface area contributed by atoms with Crippen molar-refractivity contribution in [1.82, 2.24) is 13.9 Å². The minimum Gasteiger partial charge on any atom is -0.493 e. The Morgan fingerprint density at radius 1 is 0.968 bits per heavy atom. The molecule has 0 radical (unpaired) electrons. The molecule has 0 fully saturated rings. The van der Waals surface area contributed by atoms with Crippen molar-refractivity contribution in [3.05, 3.63) is 95.8 Å². The first kappa shape index (κ1) is 19.0. The van der Waals surface area contributed by atoms with Crippen LogP contribution in [0.25, 0.3) is 16.9 Å². The monoisotopic (exact) mass is 432 g/mol. The van der Waals surface area contributed by atoms with Crippen LogP contribution in [0.2, 0.25) is 0 Å². The second-order valence-corrected chi connectivity index (χ2v) is 8.04. The maximum absolute atomic E-state index is 13.3. The van der Waals surface area contributed by atoms with Crippen molar-refractivity contribution in [2.45, 2.75) is 6.92 Å². The second kappa shape index (κ2) is 6.78. The van der Waals surface area contributed by atoms with Crippen LogP contribution in [0.3, 0.4) is 0 Å². The van der Waals surface area contributed by atoms with Crippen LogP contribution in [0.5, 0.6) is 5.88 Å². The van der Waals surface area contributed by atoms with Gasteiger partial charge in [0, 0.05) is 12.3 Å². The maximum Gasteiger partial charge on any atom is 0.315 e. The molecule has 9 heteroatoms. The van der Waals surface area contributed by atoms with Crippen LogP contribution in [0, 0.1) is 6.92 Å². The lowest BCUT2D eigenvalue weighted by Crippen LogP contribution is -2.23. The van der Waals surface area contributed by atoms with E-state index in [1.807, 2.05) is 6.07 Å². The average molecular weight is 432 g/mol. The number of benzene rings is 2. The molecule has 0 bridgehead atoms. The third-order valence-electron chi connectivity index (χ3n) is 5.37. The van der Waals surface area contributed by atoms with Gasteiger partial charge < -0.3 is 5.11 Å². The molecule has 0 spiro atoms. The first-order valence-electron chi connectivity index (χ1n) is 9.42. The van der Waals surface area contributed by atoms with Crippen molar-refractivity contribution in [2.75, 3.05) is 0 Å². The molecule has 1 aliphatic rings. The molecule has 8 nitrogen and oxygen atoms in total. The number of hydrogen-bond acceptors (Lipinski definition) is 5. The van der Waals surface area contributed by atoms with Gasteiger partial charge in [-0.05, 0) is 25.1 Å². The van der Waals surface area contributed by atoms with Crippen molar-refractivity contribution in [3.8, 4) is 17.3 Å². The van der Waals surface area contributed by atoms with Crippen LogP contribution < -0.4 is 21.0 Å². The number of carbonyl (C=O) groups is 1. The van der Waals surface area contributed by atoms with Gasteiger partial charge in [-0.25, -0.2) is 14.2 Å². The summed E-state index contributed by atoms with van der Waals surface area (Å²) >= 11 is 0.711. The fraction of sp³-hybridized carbons (Fsp3) is 0.0909. The van der Waals surface area contributed by atoms with E-state index in [1.165, 1.54) is 4.68 Å². The summed E-state index contributed by atoms with van der Waals surface area (Å²) < 4.78 is 4.01. The molecule has 31 heavy (non-hydrogen) atoms. The zero-order chi connectivity index (χ0) is 21.9. The summed E-state index contributed by atoms with van der Waals surface area (Å²) in [5.74, 6) is -0.979. The molecule has 3 heterocycles. The lowest BCUT2D eigenvalue weighted by atomic mass is 10.1. The predicted octanol–water partition coefficient (Wildman–Crippen LogP) is 0.761. The molecule has 0 saturated carbocycles. The predicted molar refractivity (Wildman–Crippen MR) is 116 cm³/mol. The highest BCUT2D eigenvalue weighted by atomic mass is 32.1. The molecular formula is C22H16N4O4S. The SMILES string of the molecule is Cc1c(-n2c(O)c(C3=c4ccccc4=NC3=O)sc2=O)c(=O)n(-c2ccccc2)n1C. The van der Waals surface area contributed by atoms with Crippen LogP contribution in [0.1, 0.15) is 10.6 Å². The van der Waals surface area contributed by atoms with Gasteiger partial charge in [0.05, 0.1) is 22.3 Å². The number of rotatable bonds is 3. The lowest BCUT2D eigenvalue weighted by molar-refractivity contribution is -0.112. The number of nitrogens with zero attached hydrogens (tertiary/aromatic N) is 4. The average Bonchev–Trinajstić information content (AvgIpc) is 3.31. The summed E-state index contributed by atoms with van der Waals surface area (Å²) in [5.41, 5.74) is 0.850. The summed E-state index contributed by atoms with van der Waals surface area (Å²) in [6.45, 7) is 1.69. The van der Waals surface area contributed by atoms with E-state index < -0.39 is 22.2 Å². The van der Waals surface area contributed by atoms with Gasteiger partial charge in [-0.3, -0.25) is 19.1 Å². The van der Waals surface area contributed by atoms with E-state index in [2.05, 4.69) is 4.99 Å². The highest BCUT2D eigenvalue weighted by Crippen LogP contribution is 2.30. The third-order valence-corrected chi connectivity index (χ3v) is 6.32. The van der Waals surface area contributed by atoms with Gasteiger partial charge in [0.2, 0.25) is 5.88 Å². The first-order chi connectivity index (χ1) is 14.9. The Morgan fingerprint density at radius 2 is 1.65 bits per heavy atom. The van der Waals surface area contributed by atoms with Crippen LogP contribution in [-0.4, -0.2) is 24.9 Å². The fourth-order valence-corrected chi connectivity index (χ4v) is 4.75. The Hall–Kier alpha value is -3.98. The highest BCUT2D eigenvalue weighted by molar-refractivity contribution is 7.11. The lowest BCUT2D eigenvalue weighted by Gasteiger charge is -2.07. The minimum atomic E-state index is -0.566. The number of amides is 1. The number of thiazole rings is 1. The Labute approximate surface area is 178 Å². The van der Waals surface area contributed by atoms with Crippen molar-refractivity contribution >= 4 is 22.8 Å². The molecule has 1 N–H and O–H groups in total. The number of carbonyl (C=O) groups excluding carboxylic acids is 1. The number of para-hydroxylation sites is 2. The molecule has 4 aromatic rings. The molecule has 0 unspecified atom stereocenters. The molecule has 0 saturated heterocycles. The zero-order valence-electron chi connectivity index (χ0n) is 16.6. The Kier molecular flexibility index (Phi) is 4.16. The zero-order valence-corrected chi connectivity index (χ0v) is 17.4. The van der Waals surface area contributed by atoms with Gasteiger partial charge >= 0.3 is 4.87 Å². The number of aromatic hydroxyl groups is 1. The van der Waals surface area contributed by atoms with Gasteiger partial charge in [-0.2, -0.15) is 0 Å². The van der Waals surface area contributed by atoms with E-state index in [-0.39, 0.29) is 16.1 Å². The van der Waals surface area contributed by atoms with Gasteiger partial charge in [0.15, 0.2) is 0 Å². The fourth-order valence-electron chi connectivity index (χ4n) is 3.82. The normalized spacial score (nSPS) is 12.8. The molecular weight excluding hydrogens is 416 g/mol. The van der Waals surface area contributed by atoms with E-state index in [9.17, 15) is 19.5 Å². The molecule has 0 atom stereocenters. The van der Waals surface area contributed by atoms with E-state index in [1.54, 1.807) is 67.2 Å². The third kappa shape index (κ3) is 2.67. The summed E-state index contributed by atoms with van der Waals surface area (Å²) in [7, 11) is 1.70. The van der Waals surface area contributed by atoms with Crippen molar-refractivity contribution in [1.29, 1.82) is 0 Å². The summed E-state index contributed by atoms with van der Waals surface area (Å²) in [4.78, 5) is 42.3. The Morgan fingerprint density at radius 3 is 2.39 bits per heavy atom. The maximum atomic E-state index is 13.3. The summed E-state index contributed by atoms with van der Waals surface area (Å²) in [6.07, 6.45) is 0. The summed E-state index contributed by atoms with van der Waals surface area (Å²) in [5, 5.41) is 12.0. The van der Waals surface area contributed by atoms with Gasteiger partial charge in [-0.15, -0.1) is 0 Å². The van der Waals surface area contributed by atoms with Crippen LogP contribution >= 0.6 is 11.3 Å². The first-order valence-corrected chi connectivity index (χ1v) is 10.2. The Bertz CT molecular complexity index is 1620. The smallest absolute Gasteiger partial charge is 0.315 e. The van der Waals surface area contributed by atoms with Gasteiger partial charge in [-0.1, -0.05) is 47.7 Å². The molecule has 5 rings (SSSR count). The standard InChI is InChI=1S/C22H16N4O4S/c1-12-17(20(28)26(24(12)2)13-8-4-3-5-9-13)25-21(29)18(31-22(25)30)16-14-10-6-7-11-15(14)23-19(16)27/h3-11,29H,1-2H3. The summed E-state index contributed by atoms with van der Waals surface area (Å²) in [6, 6.07) is 15.9. The van der Waals surface area contributed by atoms with E-state index in [0.717, 1.165) is 4.57 Å². The number of hydrogen-bond donors (Lipinski definition) is 1. The van der Waals surface area contributed by atoms with Gasteiger partial charge in [0.1, 0.15) is 10.6 Å². The minimum absolute atomic E-state index is 0.0348. The highest BCUT2D eigenvalue weighted by Gasteiger charge is 2.29. The molecule has 1 aliphatic heterocycles. The largest absolute Gasteiger partial charge is 0.493 e.